The molecule has 0 aliphatic heterocycles. The molecule has 0 saturated heterocycles. The highest BCUT2D eigenvalue weighted by atomic mass is 32.2. The highest BCUT2D eigenvalue weighted by molar-refractivity contribution is 7.98. The fourth-order valence-corrected chi connectivity index (χ4v) is 1.86. The molecule has 1 rings (SSSR count). The van der Waals surface area contributed by atoms with Crippen LogP contribution in [-0.4, -0.2) is 29.7 Å². The molecule has 0 radical (unpaired) electrons. The maximum atomic E-state index is 8.64. The largest absolute Gasteiger partial charge is 0.492 e. The van der Waals surface area contributed by atoms with Crippen LogP contribution in [-0.2, 0) is 0 Å². The summed E-state index contributed by atoms with van der Waals surface area (Å²) in [5, 5.41) is 11.6. The minimum atomic E-state index is 0.117. The molecule has 1 aromatic carbocycles. The standard InChI is InChI=1S/C12H18N2O2S/c1-8-6-10(12(13)14-15)7-9(2)11(8)16-4-5-17-3/h6-7,15H,4-5H2,1-3H3,(H2,13,14). The third-order valence-electron chi connectivity index (χ3n) is 2.40. The van der Waals surface area contributed by atoms with E-state index < -0.39 is 0 Å². The molecule has 5 heteroatoms. The van der Waals surface area contributed by atoms with E-state index in [0.717, 1.165) is 22.6 Å². The first kappa shape index (κ1) is 13.7. The van der Waals surface area contributed by atoms with E-state index in [4.69, 9.17) is 15.7 Å². The summed E-state index contributed by atoms with van der Waals surface area (Å²) in [4.78, 5) is 0. The molecule has 4 nitrogen and oxygen atoms in total. The molecule has 1 aromatic rings. The van der Waals surface area contributed by atoms with Crippen LogP contribution in [0, 0.1) is 13.8 Å². The van der Waals surface area contributed by atoms with Gasteiger partial charge in [0.1, 0.15) is 5.75 Å². The van der Waals surface area contributed by atoms with Crippen LogP contribution in [0.25, 0.3) is 0 Å². The summed E-state index contributed by atoms with van der Waals surface area (Å²) in [7, 11) is 0. The van der Waals surface area contributed by atoms with Gasteiger partial charge in [0.25, 0.3) is 0 Å². The van der Waals surface area contributed by atoms with E-state index in [1.54, 1.807) is 11.8 Å². The Bertz CT molecular complexity index is 396. The van der Waals surface area contributed by atoms with Crippen LogP contribution in [0.3, 0.4) is 0 Å². The van der Waals surface area contributed by atoms with E-state index in [-0.39, 0.29) is 5.84 Å². The summed E-state index contributed by atoms with van der Waals surface area (Å²) in [6.07, 6.45) is 2.05. The number of hydrogen-bond donors (Lipinski definition) is 2. The van der Waals surface area contributed by atoms with Gasteiger partial charge in [0.2, 0.25) is 0 Å². The summed E-state index contributed by atoms with van der Waals surface area (Å²) in [5.74, 6) is 1.96. The van der Waals surface area contributed by atoms with Gasteiger partial charge < -0.3 is 15.7 Å². The first-order valence-electron chi connectivity index (χ1n) is 5.31. The monoisotopic (exact) mass is 254 g/mol. The van der Waals surface area contributed by atoms with Crippen molar-refractivity contribution in [1.82, 2.24) is 0 Å². The molecule has 0 spiro atoms. The number of thioether (sulfide) groups is 1. The van der Waals surface area contributed by atoms with Crippen molar-refractivity contribution in [2.24, 2.45) is 10.9 Å². The normalized spacial score (nSPS) is 11.6. The lowest BCUT2D eigenvalue weighted by atomic mass is 10.1. The topological polar surface area (TPSA) is 67.8 Å². The molecule has 0 saturated carbocycles. The van der Waals surface area contributed by atoms with Crippen LogP contribution in [0.1, 0.15) is 16.7 Å². The minimum absolute atomic E-state index is 0.117. The Labute approximate surface area is 106 Å². The van der Waals surface area contributed by atoms with Crippen LogP contribution in [0.5, 0.6) is 5.75 Å². The van der Waals surface area contributed by atoms with Crippen molar-refractivity contribution < 1.29 is 9.94 Å². The SMILES string of the molecule is CSCCOc1c(C)cc(C(N)=NO)cc1C. The van der Waals surface area contributed by atoms with Crippen molar-refractivity contribution in [2.75, 3.05) is 18.6 Å². The number of oxime groups is 1. The summed E-state index contributed by atoms with van der Waals surface area (Å²) in [5.41, 5.74) is 8.25. The zero-order chi connectivity index (χ0) is 12.8. The van der Waals surface area contributed by atoms with E-state index in [2.05, 4.69) is 5.16 Å². The quantitative estimate of drug-likeness (QED) is 0.278. The lowest BCUT2D eigenvalue weighted by Gasteiger charge is -2.13. The number of hydrogen-bond acceptors (Lipinski definition) is 4. The van der Waals surface area contributed by atoms with Crippen molar-refractivity contribution >= 4 is 17.6 Å². The van der Waals surface area contributed by atoms with Crippen LogP contribution in [0.15, 0.2) is 17.3 Å². The van der Waals surface area contributed by atoms with Gasteiger partial charge in [-0.15, -0.1) is 0 Å². The van der Waals surface area contributed by atoms with Gasteiger partial charge in [-0.1, -0.05) is 5.16 Å². The number of rotatable bonds is 5. The number of amidine groups is 1. The summed E-state index contributed by atoms with van der Waals surface area (Å²) >= 11 is 1.75. The smallest absolute Gasteiger partial charge is 0.170 e. The Balaban J connectivity index is 2.94. The Morgan fingerprint density at radius 3 is 2.47 bits per heavy atom. The zero-order valence-electron chi connectivity index (χ0n) is 10.4. The third-order valence-corrected chi connectivity index (χ3v) is 2.97. The van der Waals surface area contributed by atoms with Gasteiger partial charge in [0.05, 0.1) is 6.61 Å². The van der Waals surface area contributed by atoms with Crippen LogP contribution >= 0.6 is 11.8 Å². The van der Waals surface area contributed by atoms with Gasteiger partial charge in [-0.25, -0.2) is 0 Å². The van der Waals surface area contributed by atoms with Crippen LogP contribution in [0.2, 0.25) is 0 Å². The maximum Gasteiger partial charge on any atom is 0.170 e. The third kappa shape index (κ3) is 3.56. The molecule has 3 N–H and O–H groups in total. The Hall–Kier alpha value is -1.36. The molecule has 94 valence electrons. The van der Waals surface area contributed by atoms with Crippen LogP contribution in [0.4, 0.5) is 0 Å². The highest BCUT2D eigenvalue weighted by Gasteiger charge is 2.08. The summed E-state index contributed by atoms with van der Waals surface area (Å²) in [6, 6.07) is 3.72. The molecule has 0 aliphatic carbocycles. The van der Waals surface area contributed by atoms with E-state index >= 15 is 0 Å². The minimum Gasteiger partial charge on any atom is -0.492 e. The number of benzene rings is 1. The predicted octanol–water partition coefficient (Wildman–Crippen LogP) is 2.14. The van der Waals surface area contributed by atoms with Crippen molar-refractivity contribution in [1.29, 1.82) is 0 Å². The van der Waals surface area contributed by atoms with Gasteiger partial charge in [-0.3, -0.25) is 0 Å². The molecule has 0 aromatic heterocycles. The van der Waals surface area contributed by atoms with Gasteiger partial charge in [0.15, 0.2) is 5.84 Å². The first-order valence-corrected chi connectivity index (χ1v) is 6.70. The molecule has 0 bridgehead atoms. The van der Waals surface area contributed by atoms with Gasteiger partial charge >= 0.3 is 0 Å². The molecule has 0 atom stereocenters. The van der Waals surface area contributed by atoms with Gasteiger partial charge in [0, 0.05) is 11.3 Å². The second kappa shape index (κ2) is 6.39. The Morgan fingerprint density at radius 2 is 2.00 bits per heavy atom. The summed E-state index contributed by atoms with van der Waals surface area (Å²) in [6.45, 7) is 4.59. The Kier molecular flexibility index (Phi) is 5.15. The molecule has 0 unspecified atom stereocenters. The molecule has 0 heterocycles. The molecular formula is C12H18N2O2S. The van der Waals surface area contributed by atoms with E-state index in [1.807, 2.05) is 32.2 Å². The van der Waals surface area contributed by atoms with Crippen molar-refractivity contribution in [3.8, 4) is 5.75 Å². The van der Waals surface area contributed by atoms with Crippen molar-refractivity contribution in [3.63, 3.8) is 0 Å². The molecule has 0 amide bonds. The number of aryl methyl sites for hydroxylation is 2. The molecule has 17 heavy (non-hydrogen) atoms. The van der Waals surface area contributed by atoms with Crippen molar-refractivity contribution in [3.05, 3.63) is 28.8 Å². The average Bonchev–Trinajstić information content (AvgIpc) is 2.31. The van der Waals surface area contributed by atoms with E-state index in [0.29, 0.717) is 12.2 Å². The average molecular weight is 254 g/mol. The maximum absolute atomic E-state index is 8.64. The zero-order valence-corrected chi connectivity index (χ0v) is 11.2. The van der Waals surface area contributed by atoms with Crippen molar-refractivity contribution in [2.45, 2.75) is 13.8 Å². The highest BCUT2D eigenvalue weighted by Crippen LogP contribution is 2.24. The molecule has 0 aliphatic rings. The van der Waals surface area contributed by atoms with Crippen LogP contribution < -0.4 is 10.5 Å². The molecular weight excluding hydrogens is 236 g/mol. The lowest BCUT2D eigenvalue weighted by Crippen LogP contribution is -2.14. The lowest BCUT2D eigenvalue weighted by molar-refractivity contribution is 0.318. The number of ether oxygens (including phenoxy) is 1. The summed E-state index contributed by atoms with van der Waals surface area (Å²) < 4.78 is 5.71. The van der Waals surface area contributed by atoms with Gasteiger partial charge in [-0.2, -0.15) is 11.8 Å². The molecule has 0 fully saturated rings. The number of nitrogens with zero attached hydrogens (tertiary/aromatic N) is 1. The fourth-order valence-electron chi connectivity index (χ4n) is 1.61. The van der Waals surface area contributed by atoms with E-state index in [1.165, 1.54) is 0 Å². The van der Waals surface area contributed by atoms with Gasteiger partial charge in [-0.05, 0) is 43.4 Å². The second-order valence-corrected chi connectivity index (χ2v) is 4.75. The first-order chi connectivity index (χ1) is 8.10. The number of nitrogens with two attached hydrogens (primary N) is 1. The fraction of sp³-hybridized carbons (Fsp3) is 0.417. The Morgan fingerprint density at radius 1 is 1.41 bits per heavy atom. The predicted molar refractivity (Wildman–Crippen MR) is 72.3 cm³/mol. The second-order valence-electron chi connectivity index (χ2n) is 3.77. The van der Waals surface area contributed by atoms with E-state index in [9.17, 15) is 0 Å².